The maximum atomic E-state index is 12.9. The molecule has 0 bridgehead atoms. The van der Waals surface area contributed by atoms with Crippen LogP contribution in [0.3, 0.4) is 0 Å². The van der Waals surface area contributed by atoms with E-state index in [0.717, 1.165) is 62.2 Å². The van der Waals surface area contributed by atoms with Crippen LogP contribution in [-0.4, -0.2) is 22.2 Å². The van der Waals surface area contributed by atoms with Gasteiger partial charge in [0.05, 0.1) is 5.41 Å². The van der Waals surface area contributed by atoms with E-state index in [-0.39, 0.29) is 11.5 Å². The minimum atomic E-state index is -1.24. The fourth-order valence-corrected chi connectivity index (χ4v) is 6.63. The largest absolute Gasteiger partial charge is 0.507 e. The summed E-state index contributed by atoms with van der Waals surface area (Å²) in [5.74, 6) is -1.61. The van der Waals surface area contributed by atoms with Crippen molar-refractivity contribution in [3.8, 4) is 44.9 Å². The Labute approximate surface area is 266 Å². The van der Waals surface area contributed by atoms with Crippen molar-refractivity contribution in [1.29, 1.82) is 0 Å². The van der Waals surface area contributed by atoms with Crippen molar-refractivity contribution < 1.29 is 24.5 Å². The minimum Gasteiger partial charge on any atom is -0.507 e. The Morgan fingerprint density at radius 1 is 0.543 bits per heavy atom. The molecule has 0 amide bonds. The monoisotopic (exact) mass is 600 g/mol. The molecule has 222 valence electrons. The van der Waals surface area contributed by atoms with Gasteiger partial charge < -0.3 is 14.9 Å². The van der Waals surface area contributed by atoms with Crippen molar-refractivity contribution in [3.63, 3.8) is 0 Å². The third-order valence-electron chi connectivity index (χ3n) is 8.54. The van der Waals surface area contributed by atoms with E-state index < -0.39 is 17.4 Å². The Balaban J connectivity index is 1.50. The van der Waals surface area contributed by atoms with Crippen molar-refractivity contribution in [3.05, 3.63) is 180 Å². The van der Waals surface area contributed by atoms with Gasteiger partial charge in [0.1, 0.15) is 11.5 Å². The molecule has 6 aromatic rings. The van der Waals surface area contributed by atoms with Crippen molar-refractivity contribution >= 4 is 11.9 Å². The molecule has 5 nitrogen and oxygen atoms in total. The fraction of sp³-hybridized carbons (Fsp3) is 0.0244. The number of ether oxygens (including phenoxy) is 1. The van der Waals surface area contributed by atoms with Crippen molar-refractivity contribution in [2.45, 2.75) is 5.41 Å². The highest BCUT2D eigenvalue weighted by molar-refractivity contribution is 5.93. The van der Waals surface area contributed by atoms with Crippen LogP contribution in [0.25, 0.3) is 33.4 Å². The zero-order valence-electron chi connectivity index (χ0n) is 24.6. The normalized spacial score (nSPS) is 12.8. The van der Waals surface area contributed by atoms with E-state index in [0.29, 0.717) is 5.56 Å². The third kappa shape index (κ3) is 4.84. The molecule has 0 heterocycles. The molecule has 0 spiro atoms. The lowest BCUT2D eigenvalue weighted by atomic mass is 9.67. The molecule has 2 N–H and O–H groups in total. The number of aliphatic carboxylic acids is 1. The molecule has 0 saturated carbocycles. The van der Waals surface area contributed by atoms with Crippen LogP contribution >= 0.6 is 0 Å². The standard InChI is InChI=1S/C41H28O5/c42-37-25-29(19-21-31(37)27-11-3-1-4-12-27)41(35-17-9-7-15-33(35)34-16-8-10-18-36(34)41)30-20-22-32(28-13-5-2-6-14-28)38(26-30)46-40(45)24-23-39(43)44/h1-26,42H,(H,43,44)/b24-23+. The number of esters is 1. The molecule has 0 unspecified atom stereocenters. The summed E-state index contributed by atoms with van der Waals surface area (Å²) < 4.78 is 5.87. The highest BCUT2D eigenvalue weighted by Crippen LogP contribution is 2.57. The summed E-state index contributed by atoms with van der Waals surface area (Å²) in [4.78, 5) is 24.0. The van der Waals surface area contributed by atoms with Gasteiger partial charge in [0.25, 0.3) is 0 Å². The average molecular weight is 601 g/mol. The smallest absolute Gasteiger partial charge is 0.336 e. The minimum absolute atomic E-state index is 0.149. The summed E-state index contributed by atoms with van der Waals surface area (Å²) >= 11 is 0. The van der Waals surface area contributed by atoms with Crippen LogP contribution in [0.2, 0.25) is 0 Å². The number of phenols is 1. The topological polar surface area (TPSA) is 83.8 Å². The summed E-state index contributed by atoms with van der Waals surface area (Å²) in [5.41, 5.74) is 8.12. The van der Waals surface area contributed by atoms with E-state index in [1.54, 1.807) is 0 Å². The van der Waals surface area contributed by atoms with E-state index in [4.69, 9.17) is 9.84 Å². The Hall–Kier alpha value is -6.20. The van der Waals surface area contributed by atoms with Gasteiger partial charge >= 0.3 is 11.9 Å². The summed E-state index contributed by atoms with van der Waals surface area (Å²) in [6, 6.07) is 47.4. The first-order valence-corrected chi connectivity index (χ1v) is 14.9. The van der Waals surface area contributed by atoms with E-state index >= 15 is 0 Å². The van der Waals surface area contributed by atoms with Crippen LogP contribution in [0.4, 0.5) is 0 Å². The number of carbonyl (C=O) groups is 2. The van der Waals surface area contributed by atoms with Gasteiger partial charge in [-0.25, -0.2) is 9.59 Å². The first-order chi connectivity index (χ1) is 22.5. The lowest BCUT2D eigenvalue weighted by Crippen LogP contribution is -2.28. The number of benzene rings is 6. The quantitative estimate of drug-likeness (QED) is 0.109. The number of carboxylic acids is 1. The van der Waals surface area contributed by atoms with Crippen LogP contribution in [-0.2, 0) is 15.0 Å². The summed E-state index contributed by atoms with van der Waals surface area (Å²) in [5, 5.41) is 20.6. The Bertz CT molecular complexity index is 2080. The number of phenolic OH excluding ortho intramolecular Hbond substituents is 1. The number of rotatable bonds is 7. The lowest BCUT2D eigenvalue weighted by Gasteiger charge is -2.34. The highest BCUT2D eigenvalue weighted by atomic mass is 16.5. The zero-order valence-corrected chi connectivity index (χ0v) is 24.6. The Kier molecular flexibility index (Phi) is 7.27. The SMILES string of the molecule is O=C(O)/C=C/C(=O)Oc1cc(C2(c3ccc(-c4ccccc4)c(O)c3)c3ccccc3-c3ccccc32)ccc1-c1ccccc1. The van der Waals surface area contributed by atoms with Crippen molar-refractivity contribution in [2.75, 3.05) is 0 Å². The zero-order chi connectivity index (χ0) is 31.7. The predicted molar refractivity (Wildman–Crippen MR) is 179 cm³/mol. The van der Waals surface area contributed by atoms with Crippen LogP contribution in [0.1, 0.15) is 22.3 Å². The molecule has 1 aliphatic carbocycles. The molecule has 0 aliphatic heterocycles. The number of carbonyl (C=O) groups excluding carboxylic acids is 1. The molecule has 46 heavy (non-hydrogen) atoms. The van der Waals surface area contributed by atoms with Gasteiger partial charge in [-0.05, 0) is 56.6 Å². The molecule has 7 rings (SSSR count). The molecule has 1 aliphatic rings. The highest BCUT2D eigenvalue weighted by Gasteiger charge is 2.46. The van der Waals surface area contributed by atoms with Crippen LogP contribution < -0.4 is 4.74 Å². The maximum Gasteiger partial charge on any atom is 0.336 e. The van der Waals surface area contributed by atoms with Gasteiger partial charge in [0, 0.05) is 23.3 Å². The second-order valence-electron chi connectivity index (χ2n) is 11.1. The Morgan fingerprint density at radius 3 is 1.61 bits per heavy atom. The van der Waals surface area contributed by atoms with Gasteiger partial charge in [-0.15, -0.1) is 0 Å². The number of carboxylic acid groups (broad SMARTS) is 1. The second-order valence-corrected chi connectivity index (χ2v) is 11.1. The first kappa shape index (κ1) is 28.6. The second kappa shape index (κ2) is 11.7. The number of hydrogen-bond donors (Lipinski definition) is 2. The Morgan fingerprint density at radius 2 is 1.04 bits per heavy atom. The van der Waals surface area contributed by atoms with Crippen LogP contribution in [0, 0.1) is 0 Å². The predicted octanol–water partition coefficient (Wildman–Crippen LogP) is 8.64. The number of hydrogen-bond acceptors (Lipinski definition) is 4. The number of fused-ring (bicyclic) bond motifs is 3. The third-order valence-corrected chi connectivity index (χ3v) is 8.54. The van der Waals surface area contributed by atoms with E-state index in [9.17, 15) is 14.7 Å². The van der Waals surface area contributed by atoms with Crippen LogP contribution in [0.15, 0.2) is 158 Å². The van der Waals surface area contributed by atoms with Gasteiger partial charge in [-0.2, -0.15) is 0 Å². The van der Waals surface area contributed by atoms with E-state index in [1.165, 1.54) is 0 Å². The van der Waals surface area contributed by atoms with Gasteiger partial charge in [0.15, 0.2) is 0 Å². The molecule has 5 heteroatoms. The first-order valence-electron chi connectivity index (χ1n) is 14.9. The number of aromatic hydroxyl groups is 1. The van der Waals surface area contributed by atoms with Crippen LogP contribution in [0.5, 0.6) is 11.5 Å². The molecule has 0 fully saturated rings. The molecule has 0 radical (unpaired) electrons. The summed E-state index contributed by atoms with van der Waals surface area (Å²) in [6.45, 7) is 0. The average Bonchev–Trinajstić information content (AvgIpc) is 3.39. The molecule has 0 atom stereocenters. The lowest BCUT2D eigenvalue weighted by molar-refractivity contribution is -0.133. The van der Waals surface area contributed by atoms with E-state index in [2.05, 4.69) is 24.3 Å². The summed E-state index contributed by atoms with van der Waals surface area (Å²) in [6.07, 6.45) is 1.66. The summed E-state index contributed by atoms with van der Waals surface area (Å²) in [7, 11) is 0. The van der Waals surface area contributed by atoms with E-state index in [1.807, 2.05) is 121 Å². The maximum absolute atomic E-state index is 12.9. The molecule has 0 aromatic heterocycles. The van der Waals surface area contributed by atoms with Crippen molar-refractivity contribution in [2.24, 2.45) is 0 Å². The van der Waals surface area contributed by atoms with Gasteiger partial charge in [-0.1, -0.05) is 133 Å². The molecule has 6 aromatic carbocycles. The fourth-order valence-electron chi connectivity index (χ4n) is 6.63. The molecular formula is C41H28O5. The van der Waals surface area contributed by atoms with Gasteiger partial charge in [0.2, 0.25) is 0 Å². The molecule has 0 saturated heterocycles. The van der Waals surface area contributed by atoms with Crippen molar-refractivity contribution in [1.82, 2.24) is 0 Å². The molecular weight excluding hydrogens is 572 g/mol. The van der Waals surface area contributed by atoms with Gasteiger partial charge in [-0.3, -0.25) is 0 Å².